The Bertz CT molecular complexity index is 4530. The molecule has 3 aliphatic rings. The molecule has 0 aliphatic heterocycles. The predicted octanol–water partition coefficient (Wildman–Crippen LogP) is 15.2. The molecule has 3 aliphatic carbocycles. The first kappa shape index (κ1) is 48.9. The van der Waals surface area contributed by atoms with Gasteiger partial charge in [-0.1, -0.05) is 65.1 Å². The Balaban J connectivity index is 0.000000105. The highest BCUT2D eigenvalue weighted by atomic mass is 35.5. The number of pyridine rings is 5. The van der Waals surface area contributed by atoms with Crippen LogP contribution in [0.3, 0.4) is 0 Å². The largest absolute Gasteiger partial charge is 0.331 e. The van der Waals surface area contributed by atoms with Crippen molar-refractivity contribution in [2.75, 3.05) is 0 Å². The van der Waals surface area contributed by atoms with Gasteiger partial charge in [0.2, 0.25) is 0 Å². The second kappa shape index (κ2) is 19.3. The minimum atomic E-state index is -0.264. The maximum absolute atomic E-state index is 13.4. The van der Waals surface area contributed by atoms with Crippen molar-refractivity contribution in [3.63, 3.8) is 0 Å². The van der Waals surface area contributed by atoms with E-state index in [2.05, 4.69) is 100 Å². The lowest BCUT2D eigenvalue weighted by molar-refractivity contribution is 0.310. The topological polar surface area (TPSA) is 118 Å². The number of rotatable bonds is 6. The number of hydrogen-bond acceptors (Lipinski definition) is 7. The molecule has 0 spiro atoms. The summed E-state index contributed by atoms with van der Waals surface area (Å²) in [5.74, 6) is 4.23. The van der Waals surface area contributed by atoms with Gasteiger partial charge >= 0.3 is 0 Å². The zero-order chi connectivity index (χ0) is 53.9. The molecule has 3 saturated carbocycles. The average Bonchev–Trinajstić information content (AvgIpc) is 4.41. The van der Waals surface area contributed by atoms with Crippen LogP contribution in [0.1, 0.15) is 108 Å². The highest BCUT2D eigenvalue weighted by Gasteiger charge is 2.41. The first-order valence-corrected chi connectivity index (χ1v) is 28.3. The molecule has 11 aromatic heterocycles. The first-order valence-electron chi connectivity index (χ1n) is 27.2. The van der Waals surface area contributed by atoms with E-state index in [9.17, 15) is 4.39 Å². The molecule has 13 nitrogen and oxygen atoms in total. The minimum absolute atomic E-state index is 0.264. The van der Waals surface area contributed by atoms with Gasteiger partial charge in [-0.05, 0) is 117 Å². The zero-order valence-electron chi connectivity index (χ0n) is 43.6. The number of halogens is 4. The number of fused-ring (bicyclic) bond motifs is 10. The second-order valence-electron chi connectivity index (χ2n) is 21.6. The van der Waals surface area contributed by atoms with Crippen molar-refractivity contribution < 1.29 is 4.39 Å². The van der Waals surface area contributed by atoms with Crippen molar-refractivity contribution in [1.82, 2.24) is 61.6 Å². The van der Waals surface area contributed by atoms with Gasteiger partial charge in [-0.3, -0.25) is 4.98 Å². The Morgan fingerprint density at radius 2 is 0.900 bits per heavy atom. The molecule has 0 bridgehead atoms. The molecule has 14 aromatic rings. The van der Waals surface area contributed by atoms with Crippen LogP contribution in [0.4, 0.5) is 4.39 Å². The monoisotopic (exact) mass is 1110 g/mol. The summed E-state index contributed by atoms with van der Waals surface area (Å²) in [6.45, 7) is 0. The van der Waals surface area contributed by atoms with Crippen LogP contribution < -0.4 is 0 Å². The van der Waals surface area contributed by atoms with Crippen LogP contribution in [0.15, 0.2) is 165 Å². The molecule has 17 heteroatoms. The van der Waals surface area contributed by atoms with E-state index in [1.54, 1.807) is 6.20 Å². The summed E-state index contributed by atoms with van der Waals surface area (Å²) in [7, 11) is 4.30. The van der Waals surface area contributed by atoms with Crippen LogP contribution in [0.25, 0.3) is 66.3 Å². The van der Waals surface area contributed by atoms with Crippen LogP contribution in [0.2, 0.25) is 15.1 Å². The van der Waals surface area contributed by atoms with Gasteiger partial charge in [0.1, 0.15) is 23.1 Å². The number of aromatic nitrogens is 13. The van der Waals surface area contributed by atoms with Crippen molar-refractivity contribution in [3.05, 3.63) is 220 Å². The zero-order valence-corrected chi connectivity index (χ0v) is 45.9. The molecular weight excluding hydrogens is 1060 g/mol. The molecular formula is C63H51Cl3FN13. The Morgan fingerprint density at radius 3 is 1.41 bits per heavy atom. The molecule has 17 rings (SSSR count). The van der Waals surface area contributed by atoms with Gasteiger partial charge in [0.15, 0.2) is 16.9 Å². The van der Waals surface area contributed by atoms with E-state index in [4.69, 9.17) is 59.7 Å². The van der Waals surface area contributed by atoms with Crippen molar-refractivity contribution in [2.24, 2.45) is 14.1 Å². The van der Waals surface area contributed by atoms with Crippen molar-refractivity contribution in [2.45, 2.75) is 74.0 Å². The number of aryl methyl sites for hydroxylation is 2. The van der Waals surface area contributed by atoms with Gasteiger partial charge < -0.3 is 26.7 Å². The van der Waals surface area contributed by atoms with Gasteiger partial charge in [0.25, 0.3) is 0 Å². The van der Waals surface area contributed by atoms with Crippen LogP contribution in [-0.2, 0) is 14.1 Å². The average molecular weight is 1120 g/mol. The number of nitrogens with zero attached hydrogens (tertiary/aromatic N) is 13. The van der Waals surface area contributed by atoms with E-state index in [0.29, 0.717) is 56.2 Å². The van der Waals surface area contributed by atoms with Crippen LogP contribution >= 0.6 is 34.8 Å². The van der Waals surface area contributed by atoms with Crippen molar-refractivity contribution >= 4 is 101 Å². The lowest BCUT2D eigenvalue weighted by Crippen LogP contribution is -2.26. The molecule has 0 saturated heterocycles. The molecule has 0 N–H and O–H groups in total. The summed E-state index contributed by atoms with van der Waals surface area (Å²) in [5, 5.41) is 5.60. The Kier molecular flexibility index (Phi) is 11.8. The molecule has 0 radical (unpaired) electrons. The molecule has 6 unspecified atom stereocenters. The molecule has 0 amide bonds. The van der Waals surface area contributed by atoms with E-state index in [1.165, 1.54) is 39.8 Å². The van der Waals surface area contributed by atoms with E-state index < -0.39 is 0 Å². The lowest BCUT2D eigenvalue weighted by Gasteiger charge is -2.35. The molecule has 3 fully saturated rings. The predicted molar refractivity (Wildman–Crippen MR) is 314 cm³/mol. The van der Waals surface area contributed by atoms with E-state index in [0.717, 1.165) is 106 Å². The summed E-state index contributed by atoms with van der Waals surface area (Å²) in [4.78, 5) is 33.7. The Morgan fingerprint density at radius 1 is 0.438 bits per heavy atom. The maximum Gasteiger partial charge on any atom is 0.155 e. The third kappa shape index (κ3) is 8.12. The van der Waals surface area contributed by atoms with Crippen molar-refractivity contribution in [3.8, 4) is 0 Å². The fraction of sp³-hybridized carbons (Fsp3) is 0.222. The lowest BCUT2D eigenvalue weighted by atomic mass is 9.70. The van der Waals surface area contributed by atoms with Gasteiger partial charge in [0, 0.05) is 122 Å². The van der Waals surface area contributed by atoms with Crippen LogP contribution in [-0.4, -0.2) is 61.6 Å². The maximum atomic E-state index is 13.4. The fourth-order valence-electron chi connectivity index (χ4n) is 12.7. The quantitative estimate of drug-likeness (QED) is 0.163. The number of benzene rings is 3. The summed E-state index contributed by atoms with van der Waals surface area (Å²) < 4.78 is 25.7. The standard InChI is InChI=1S/C27H23N5.C18H14Cl2N4.C18H14ClFN4/c1-31-22-13-9-16-6-3-4-7-17(16)24(22)29-26(31)18-10-11-19(18)27-30-25-20-8-5-15-28-21(20)12-14-23(25)32(27)2;19-13-3-1-7-23-9-15(21-17(13)23)11-5-6-12(11)16-10-24-8-2-4-14(20)18(24)22-16;19-14-2-1-6-24-10-16(22-18(14)24)13-4-3-12(13)15-9-23-7-5-11(20)8-17(23)21-15/h3-9,12-15,18-19H,10-11H2,1-2H3;1-4,7-12H,5-6H2;1-2,5-10,12-13H,3-4H2. The van der Waals surface area contributed by atoms with E-state index >= 15 is 0 Å². The minimum Gasteiger partial charge on any atom is -0.331 e. The highest BCUT2D eigenvalue weighted by molar-refractivity contribution is 6.34. The van der Waals surface area contributed by atoms with Crippen LogP contribution in [0.5, 0.6) is 0 Å². The van der Waals surface area contributed by atoms with Gasteiger partial charge in [-0.2, -0.15) is 0 Å². The SMILES string of the molecule is Clc1cccn2cc(C3CCC3c3cn4cccc(Cl)c4n3)nc12.Cn1c(C2CCC2c2nc3c4cccnc4ccc3n2C)nc2c3ccccc3ccc21.Fc1ccn2cc(C3CCC3c3cn4cccc(Cl)c4n3)nc2c1. The third-order valence-corrected chi connectivity index (χ3v) is 18.2. The smallest absolute Gasteiger partial charge is 0.155 e. The summed E-state index contributed by atoms with van der Waals surface area (Å²) >= 11 is 18.7. The normalized spacial score (nSPS) is 19.8. The first-order chi connectivity index (χ1) is 39.1. The molecule has 396 valence electrons. The molecule has 3 aromatic carbocycles. The summed E-state index contributed by atoms with van der Waals surface area (Å²) in [5.41, 5.74) is 12.8. The Labute approximate surface area is 472 Å². The molecule has 11 heterocycles. The van der Waals surface area contributed by atoms with Gasteiger partial charge in [-0.25, -0.2) is 34.3 Å². The molecule has 80 heavy (non-hydrogen) atoms. The van der Waals surface area contributed by atoms with Gasteiger partial charge in [0.05, 0.1) is 65.4 Å². The van der Waals surface area contributed by atoms with Crippen molar-refractivity contribution in [1.29, 1.82) is 0 Å². The summed E-state index contributed by atoms with van der Waals surface area (Å²) in [6, 6.07) is 35.6. The molecule has 6 atom stereocenters. The number of hydrogen-bond donors (Lipinski definition) is 0. The summed E-state index contributed by atoms with van der Waals surface area (Å²) in [6.07, 6.45) is 24.4. The van der Waals surface area contributed by atoms with E-state index in [-0.39, 0.29) is 5.82 Å². The third-order valence-electron chi connectivity index (χ3n) is 17.3. The number of imidazole rings is 6. The van der Waals surface area contributed by atoms with Gasteiger partial charge in [-0.15, -0.1) is 0 Å². The second-order valence-corrected chi connectivity index (χ2v) is 22.8. The Hall–Kier alpha value is -8.17. The van der Waals surface area contributed by atoms with Crippen LogP contribution in [0, 0.1) is 5.82 Å². The fourth-order valence-corrected chi connectivity index (χ4v) is 13.3. The van der Waals surface area contributed by atoms with E-state index in [1.807, 2.05) is 97.2 Å². The highest BCUT2D eigenvalue weighted by Crippen LogP contribution is 2.51.